The maximum Gasteiger partial charge on any atom is 0.164 e. The van der Waals surface area contributed by atoms with Crippen molar-refractivity contribution < 1.29 is 14.2 Å². The number of methoxy groups -OCH3 is 2. The molecule has 1 unspecified atom stereocenters. The normalized spacial score (nSPS) is 12.2. The molecule has 1 atom stereocenters. The molecule has 0 heterocycles. The van der Waals surface area contributed by atoms with Gasteiger partial charge in [-0.3, -0.25) is 0 Å². The molecule has 0 amide bonds. The number of benzene rings is 1. The van der Waals surface area contributed by atoms with Crippen molar-refractivity contribution in [3.05, 3.63) is 23.8 Å². The Balaban J connectivity index is 2.82. The zero-order valence-corrected chi connectivity index (χ0v) is 11.4. The summed E-state index contributed by atoms with van der Waals surface area (Å²) in [6.45, 7) is 3.30. The molecule has 0 aliphatic heterocycles. The van der Waals surface area contributed by atoms with Gasteiger partial charge in [0, 0.05) is 20.1 Å². The molecule has 0 aromatic heterocycles. The van der Waals surface area contributed by atoms with Crippen LogP contribution >= 0.6 is 0 Å². The zero-order chi connectivity index (χ0) is 13.4. The number of ether oxygens (including phenoxy) is 3. The lowest BCUT2D eigenvalue weighted by Crippen LogP contribution is -2.16. The largest absolute Gasteiger partial charge is 0.493 e. The van der Waals surface area contributed by atoms with Crippen LogP contribution in [0.4, 0.5) is 0 Å². The van der Waals surface area contributed by atoms with Crippen LogP contribution in [0.25, 0.3) is 0 Å². The Morgan fingerprint density at radius 2 is 2.06 bits per heavy atom. The van der Waals surface area contributed by atoms with Gasteiger partial charge in [-0.1, -0.05) is 12.1 Å². The molecule has 18 heavy (non-hydrogen) atoms. The van der Waals surface area contributed by atoms with Crippen LogP contribution in [-0.2, 0) is 11.2 Å². The van der Waals surface area contributed by atoms with E-state index in [4.69, 9.17) is 19.9 Å². The van der Waals surface area contributed by atoms with E-state index in [-0.39, 0.29) is 6.10 Å². The minimum Gasteiger partial charge on any atom is -0.493 e. The van der Waals surface area contributed by atoms with Crippen LogP contribution in [0.5, 0.6) is 11.5 Å². The lowest BCUT2D eigenvalue weighted by molar-refractivity contribution is 0.132. The molecule has 4 heteroatoms. The molecular formula is C14H23NO3. The van der Waals surface area contributed by atoms with Gasteiger partial charge in [-0.15, -0.1) is 0 Å². The van der Waals surface area contributed by atoms with Crippen LogP contribution in [0, 0.1) is 0 Å². The summed E-state index contributed by atoms with van der Waals surface area (Å²) in [5.41, 5.74) is 6.70. The Morgan fingerprint density at radius 1 is 1.28 bits per heavy atom. The van der Waals surface area contributed by atoms with Gasteiger partial charge >= 0.3 is 0 Å². The predicted molar refractivity (Wildman–Crippen MR) is 72.3 cm³/mol. The Kier molecular flexibility index (Phi) is 6.54. The van der Waals surface area contributed by atoms with Gasteiger partial charge in [0.1, 0.15) is 0 Å². The highest BCUT2D eigenvalue weighted by molar-refractivity contribution is 5.46. The maximum atomic E-state index is 5.96. The van der Waals surface area contributed by atoms with E-state index in [1.807, 2.05) is 25.1 Å². The van der Waals surface area contributed by atoms with Crippen LogP contribution in [-0.4, -0.2) is 33.5 Å². The van der Waals surface area contributed by atoms with Crippen molar-refractivity contribution >= 4 is 0 Å². The number of hydrogen-bond acceptors (Lipinski definition) is 4. The van der Waals surface area contributed by atoms with Crippen molar-refractivity contribution in [2.24, 2.45) is 5.73 Å². The first-order valence-electron chi connectivity index (χ1n) is 6.24. The number of para-hydroxylation sites is 1. The zero-order valence-electron chi connectivity index (χ0n) is 11.4. The Morgan fingerprint density at radius 3 is 2.67 bits per heavy atom. The molecule has 0 saturated carbocycles. The summed E-state index contributed by atoms with van der Waals surface area (Å²) in [7, 11) is 3.34. The molecule has 0 fully saturated rings. The Bertz CT molecular complexity index is 355. The van der Waals surface area contributed by atoms with Gasteiger partial charge < -0.3 is 19.9 Å². The molecule has 4 nitrogen and oxygen atoms in total. The monoisotopic (exact) mass is 253 g/mol. The fraction of sp³-hybridized carbons (Fsp3) is 0.571. The third-order valence-electron chi connectivity index (χ3n) is 2.74. The van der Waals surface area contributed by atoms with Crippen molar-refractivity contribution in [2.45, 2.75) is 25.9 Å². The molecule has 1 rings (SSSR count). The van der Waals surface area contributed by atoms with Gasteiger partial charge in [0.05, 0.1) is 13.2 Å². The summed E-state index contributed by atoms with van der Waals surface area (Å²) in [5.74, 6) is 1.55. The van der Waals surface area contributed by atoms with E-state index in [1.54, 1.807) is 14.2 Å². The number of rotatable bonds is 8. The molecule has 0 saturated heterocycles. The first-order valence-corrected chi connectivity index (χ1v) is 6.24. The topological polar surface area (TPSA) is 53.7 Å². The average Bonchev–Trinajstić information content (AvgIpc) is 2.38. The summed E-state index contributed by atoms with van der Waals surface area (Å²) in [6, 6.07) is 5.88. The molecule has 1 aromatic rings. The smallest absolute Gasteiger partial charge is 0.164 e. The molecule has 0 radical (unpaired) electrons. The standard InChI is InChI=1S/C14H23NO3/c1-11(8-10-16-2)18-14-12(7-9-15)5-4-6-13(14)17-3/h4-6,11H,7-10,15H2,1-3H3. The molecular weight excluding hydrogens is 230 g/mol. The summed E-state index contributed by atoms with van der Waals surface area (Å²) < 4.78 is 16.4. The quantitative estimate of drug-likeness (QED) is 0.770. The second-order valence-corrected chi connectivity index (χ2v) is 4.20. The first-order chi connectivity index (χ1) is 8.72. The molecule has 1 aromatic carbocycles. The van der Waals surface area contributed by atoms with E-state index in [2.05, 4.69) is 0 Å². The molecule has 102 valence electrons. The van der Waals surface area contributed by atoms with Crippen molar-refractivity contribution in [3.63, 3.8) is 0 Å². The average molecular weight is 253 g/mol. The van der Waals surface area contributed by atoms with E-state index in [1.165, 1.54) is 0 Å². The van der Waals surface area contributed by atoms with E-state index >= 15 is 0 Å². The fourth-order valence-corrected chi connectivity index (χ4v) is 1.75. The predicted octanol–water partition coefficient (Wildman–Crippen LogP) is 2.00. The molecule has 0 aliphatic carbocycles. The maximum absolute atomic E-state index is 5.96. The highest BCUT2D eigenvalue weighted by atomic mass is 16.5. The van der Waals surface area contributed by atoms with Crippen molar-refractivity contribution in [1.29, 1.82) is 0 Å². The van der Waals surface area contributed by atoms with E-state index in [0.717, 1.165) is 29.9 Å². The van der Waals surface area contributed by atoms with Crippen LogP contribution in [0.2, 0.25) is 0 Å². The molecule has 0 aliphatic rings. The van der Waals surface area contributed by atoms with E-state index in [0.29, 0.717) is 13.2 Å². The highest BCUT2D eigenvalue weighted by Gasteiger charge is 2.13. The second kappa shape index (κ2) is 7.95. The van der Waals surface area contributed by atoms with E-state index in [9.17, 15) is 0 Å². The number of hydrogen-bond donors (Lipinski definition) is 1. The van der Waals surface area contributed by atoms with Gasteiger partial charge in [-0.25, -0.2) is 0 Å². The summed E-state index contributed by atoms with van der Waals surface area (Å²) >= 11 is 0. The lowest BCUT2D eigenvalue weighted by Gasteiger charge is -2.19. The van der Waals surface area contributed by atoms with Gasteiger partial charge in [0.2, 0.25) is 0 Å². The van der Waals surface area contributed by atoms with Crippen LogP contribution < -0.4 is 15.2 Å². The summed E-state index contributed by atoms with van der Waals surface area (Å²) in [5, 5.41) is 0. The fourth-order valence-electron chi connectivity index (χ4n) is 1.75. The van der Waals surface area contributed by atoms with Gasteiger partial charge in [-0.2, -0.15) is 0 Å². The lowest BCUT2D eigenvalue weighted by atomic mass is 10.1. The first kappa shape index (κ1) is 14.8. The van der Waals surface area contributed by atoms with Gasteiger partial charge in [0.15, 0.2) is 11.5 Å². The Hall–Kier alpha value is -1.26. The minimum atomic E-state index is 0.0813. The molecule has 0 bridgehead atoms. The van der Waals surface area contributed by atoms with E-state index < -0.39 is 0 Å². The van der Waals surface area contributed by atoms with Crippen molar-refractivity contribution in [3.8, 4) is 11.5 Å². The SMILES string of the molecule is COCCC(C)Oc1c(CCN)cccc1OC. The molecule has 2 N–H and O–H groups in total. The minimum absolute atomic E-state index is 0.0813. The Labute approximate surface area is 109 Å². The highest BCUT2D eigenvalue weighted by Crippen LogP contribution is 2.32. The molecule has 0 spiro atoms. The number of nitrogens with two attached hydrogens (primary N) is 1. The summed E-state index contributed by atoms with van der Waals surface area (Å²) in [4.78, 5) is 0. The van der Waals surface area contributed by atoms with Crippen LogP contribution in [0.1, 0.15) is 18.9 Å². The summed E-state index contributed by atoms with van der Waals surface area (Å²) in [6.07, 6.45) is 1.71. The van der Waals surface area contributed by atoms with Crippen LogP contribution in [0.3, 0.4) is 0 Å². The second-order valence-electron chi connectivity index (χ2n) is 4.20. The third kappa shape index (κ3) is 4.20. The van der Waals surface area contributed by atoms with Gasteiger partial charge in [-0.05, 0) is 31.5 Å². The van der Waals surface area contributed by atoms with Gasteiger partial charge in [0.25, 0.3) is 0 Å². The third-order valence-corrected chi connectivity index (χ3v) is 2.74. The van der Waals surface area contributed by atoms with Crippen molar-refractivity contribution in [1.82, 2.24) is 0 Å². The van der Waals surface area contributed by atoms with Crippen molar-refractivity contribution in [2.75, 3.05) is 27.4 Å². The van der Waals surface area contributed by atoms with Crippen LogP contribution in [0.15, 0.2) is 18.2 Å².